The lowest BCUT2D eigenvalue weighted by atomic mass is 9.83. The lowest BCUT2D eigenvalue weighted by Gasteiger charge is -2.29. The molecule has 0 aromatic heterocycles. The van der Waals surface area contributed by atoms with E-state index in [1.165, 1.54) is 31.4 Å². The summed E-state index contributed by atoms with van der Waals surface area (Å²) in [5.41, 5.74) is 0.549. The van der Waals surface area contributed by atoms with E-state index >= 15 is 0 Å². The molecule has 7 nitrogen and oxygen atoms in total. The number of aliphatic hydroxyl groups is 2. The highest BCUT2D eigenvalue weighted by Gasteiger charge is 2.34. The first-order chi connectivity index (χ1) is 9.93. The smallest absolute Gasteiger partial charge is 0.312 e. The minimum Gasteiger partial charge on any atom is -0.469 e. The second kappa shape index (κ2) is 6.02. The fourth-order valence-electron chi connectivity index (χ4n) is 2.36. The first kappa shape index (κ1) is 15.1. The Morgan fingerprint density at radius 3 is 2.76 bits per heavy atom. The molecule has 0 bridgehead atoms. The molecule has 2 rings (SSSR count). The monoisotopic (exact) mass is 293 g/mol. The van der Waals surface area contributed by atoms with Gasteiger partial charge in [0.15, 0.2) is 0 Å². The van der Waals surface area contributed by atoms with Crippen LogP contribution in [-0.4, -0.2) is 40.4 Å². The number of nitro benzene ring substituents is 1. The predicted octanol–water partition coefficient (Wildman–Crippen LogP) is 0.893. The zero-order chi connectivity index (χ0) is 15.6. The van der Waals surface area contributed by atoms with Crippen molar-refractivity contribution in [2.45, 2.75) is 18.6 Å². The van der Waals surface area contributed by atoms with Gasteiger partial charge in [-0.25, -0.2) is 0 Å². The summed E-state index contributed by atoms with van der Waals surface area (Å²) >= 11 is 0. The van der Waals surface area contributed by atoms with E-state index in [1.54, 1.807) is 6.07 Å². The molecule has 0 saturated carbocycles. The second-order valence-corrected chi connectivity index (χ2v) is 4.81. The molecule has 1 aliphatic rings. The SMILES string of the molecule is COC(=O)C1C=C(c2cccc([N+](=O)[O-])c2)[C@@H](O)C(O)C1. The molecule has 1 aromatic rings. The Labute approximate surface area is 120 Å². The topological polar surface area (TPSA) is 110 Å². The third-order valence-corrected chi connectivity index (χ3v) is 3.45. The van der Waals surface area contributed by atoms with Crippen molar-refractivity contribution in [1.29, 1.82) is 0 Å². The van der Waals surface area contributed by atoms with Gasteiger partial charge in [-0.15, -0.1) is 0 Å². The number of nitrogens with zero attached hydrogens (tertiary/aromatic N) is 1. The third-order valence-electron chi connectivity index (χ3n) is 3.45. The average Bonchev–Trinajstić information content (AvgIpc) is 2.49. The molecular weight excluding hydrogens is 278 g/mol. The molecule has 0 aliphatic heterocycles. The largest absolute Gasteiger partial charge is 0.469 e. The molecule has 2 N–H and O–H groups in total. The van der Waals surface area contributed by atoms with Gasteiger partial charge in [-0.3, -0.25) is 14.9 Å². The number of esters is 1. The molecule has 0 amide bonds. The number of carbonyl (C=O) groups is 1. The maximum Gasteiger partial charge on any atom is 0.312 e. The Kier molecular flexibility index (Phi) is 4.35. The summed E-state index contributed by atoms with van der Waals surface area (Å²) in [4.78, 5) is 21.9. The normalized spacial score (nSPS) is 25.1. The van der Waals surface area contributed by atoms with Crippen LogP contribution in [0.1, 0.15) is 12.0 Å². The number of nitro groups is 1. The van der Waals surface area contributed by atoms with Gasteiger partial charge in [0.2, 0.25) is 0 Å². The summed E-state index contributed by atoms with van der Waals surface area (Å²) in [7, 11) is 1.24. The molecule has 0 heterocycles. The molecule has 2 unspecified atom stereocenters. The van der Waals surface area contributed by atoms with E-state index in [-0.39, 0.29) is 17.7 Å². The maximum absolute atomic E-state index is 11.6. The summed E-state index contributed by atoms with van der Waals surface area (Å²) < 4.78 is 4.63. The van der Waals surface area contributed by atoms with Crippen molar-refractivity contribution in [1.82, 2.24) is 0 Å². The Balaban J connectivity index is 2.43. The number of hydrogen-bond donors (Lipinski definition) is 2. The van der Waals surface area contributed by atoms with Crippen LogP contribution in [0.2, 0.25) is 0 Å². The number of carbonyl (C=O) groups excluding carboxylic acids is 1. The Morgan fingerprint density at radius 2 is 2.14 bits per heavy atom. The van der Waals surface area contributed by atoms with E-state index in [2.05, 4.69) is 4.74 Å². The summed E-state index contributed by atoms with van der Waals surface area (Å²) in [6.45, 7) is 0. The van der Waals surface area contributed by atoms with Crippen LogP contribution < -0.4 is 0 Å². The van der Waals surface area contributed by atoms with Crippen LogP contribution in [0.15, 0.2) is 30.3 Å². The molecule has 3 atom stereocenters. The van der Waals surface area contributed by atoms with Crippen molar-refractivity contribution >= 4 is 17.2 Å². The number of hydrogen-bond acceptors (Lipinski definition) is 6. The second-order valence-electron chi connectivity index (χ2n) is 4.81. The fraction of sp³-hybridized carbons (Fsp3) is 0.357. The van der Waals surface area contributed by atoms with E-state index < -0.39 is 29.0 Å². The number of aliphatic hydroxyl groups excluding tert-OH is 2. The van der Waals surface area contributed by atoms with Crippen LogP contribution in [0.3, 0.4) is 0 Å². The predicted molar refractivity (Wildman–Crippen MR) is 73.2 cm³/mol. The van der Waals surface area contributed by atoms with Crippen molar-refractivity contribution in [3.8, 4) is 0 Å². The number of methoxy groups -OCH3 is 1. The zero-order valence-corrected chi connectivity index (χ0v) is 11.3. The van der Waals surface area contributed by atoms with Crippen molar-refractivity contribution < 1.29 is 24.7 Å². The molecule has 112 valence electrons. The molecule has 0 radical (unpaired) electrons. The highest BCUT2D eigenvalue weighted by atomic mass is 16.6. The molecule has 0 fully saturated rings. The van der Waals surface area contributed by atoms with Crippen LogP contribution >= 0.6 is 0 Å². The Hall–Kier alpha value is -2.25. The summed E-state index contributed by atoms with van der Waals surface area (Å²) in [6.07, 6.45) is -0.796. The van der Waals surface area contributed by atoms with Gasteiger partial charge >= 0.3 is 5.97 Å². The summed E-state index contributed by atoms with van der Waals surface area (Å²) in [5, 5.41) is 30.7. The quantitative estimate of drug-likeness (QED) is 0.486. The fourth-order valence-corrected chi connectivity index (χ4v) is 2.36. The van der Waals surface area contributed by atoms with E-state index in [4.69, 9.17) is 0 Å². The number of non-ortho nitro benzene ring substituents is 1. The molecule has 21 heavy (non-hydrogen) atoms. The molecule has 0 spiro atoms. The number of ether oxygens (including phenoxy) is 1. The standard InChI is InChI=1S/C14H15NO6/c1-21-14(18)9-6-11(13(17)12(16)7-9)8-3-2-4-10(5-8)15(19)20/h2-6,9,12-13,16-17H,7H2,1H3/t9?,12?,13-/m1/s1. The van der Waals surface area contributed by atoms with Gasteiger partial charge < -0.3 is 14.9 Å². The van der Waals surface area contributed by atoms with Gasteiger partial charge in [-0.1, -0.05) is 18.2 Å². The van der Waals surface area contributed by atoms with Gasteiger partial charge in [0, 0.05) is 12.1 Å². The lowest BCUT2D eigenvalue weighted by molar-refractivity contribution is -0.384. The van der Waals surface area contributed by atoms with Gasteiger partial charge in [0.1, 0.15) is 6.10 Å². The molecule has 0 saturated heterocycles. The summed E-state index contributed by atoms with van der Waals surface area (Å²) in [5.74, 6) is -1.22. The number of rotatable bonds is 3. The third kappa shape index (κ3) is 3.09. The van der Waals surface area contributed by atoms with Crippen LogP contribution in [0, 0.1) is 16.0 Å². The van der Waals surface area contributed by atoms with Crippen LogP contribution in [0.5, 0.6) is 0 Å². The summed E-state index contributed by atoms with van der Waals surface area (Å²) in [6, 6.07) is 5.68. The van der Waals surface area contributed by atoms with E-state index in [1.807, 2.05) is 0 Å². The van der Waals surface area contributed by atoms with Gasteiger partial charge in [-0.2, -0.15) is 0 Å². The van der Waals surface area contributed by atoms with Crippen LogP contribution in [0.4, 0.5) is 5.69 Å². The Morgan fingerprint density at radius 1 is 1.43 bits per heavy atom. The highest BCUT2D eigenvalue weighted by Crippen LogP contribution is 2.32. The van der Waals surface area contributed by atoms with Crippen molar-refractivity contribution in [3.05, 3.63) is 46.0 Å². The first-order valence-corrected chi connectivity index (χ1v) is 6.34. The maximum atomic E-state index is 11.6. The Bertz CT molecular complexity index is 597. The average molecular weight is 293 g/mol. The molecular formula is C14H15NO6. The van der Waals surface area contributed by atoms with E-state index in [0.29, 0.717) is 5.56 Å². The van der Waals surface area contributed by atoms with Crippen LogP contribution in [0.25, 0.3) is 5.57 Å². The molecule has 7 heteroatoms. The zero-order valence-electron chi connectivity index (χ0n) is 11.3. The first-order valence-electron chi connectivity index (χ1n) is 6.34. The van der Waals surface area contributed by atoms with Gasteiger partial charge in [0.05, 0.1) is 24.1 Å². The van der Waals surface area contributed by atoms with Gasteiger partial charge in [0.25, 0.3) is 5.69 Å². The molecule has 1 aliphatic carbocycles. The highest BCUT2D eigenvalue weighted by molar-refractivity contribution is 5.81. The minimum atomic E-state index is -1.20. The van der Waals surface area contributed by atoms with Crippen molar-refractivity contribution in [3.63, 3.8) is 0 Å². The van der Waals surface area contributed by atoms with Gasteiger partial charge in [-0.05, 0) is 17.6 Å². The van der Waals surface area contributed by atoms with Crippen LogP contribution in [-0.2, 0) is 9.53 Å². The van der Waals surface area contributed by atoms with E-state index in [0.717, 1.165) is 0 Å². The van der Waals surface area contributed by atoms with E-state index in [9.17, 15) is 25.1 Å². The van der Waals surface area contributed by atoms with Crippen molar-refractivity contribution in [2.24, 2.45) is 5.92 Å². The lowest BCUT2D eigenvalue weighted by Crippen LogP contribution is -2.35. The number of benzene rings is 1. The molecule has 1 aromatic carbocycles. The van der Waals surface area contributed by atoms with Crippen molar-refractivity contribution in [2.75, 3.05) is 7.11 Å². The minimum absolute atomic E-state index is 0.0479.